The van der Waals surface area contributed by atoms with E-state index in [2.05, 4.69) is 16.3 Å². The van der Waals surface area contributed by atoms with Crippen molar-refractivity contribution in [1.29, 1.82) is 5.26 Å². The van der Waals surface area contributed by atoms with Gasteiger partial charge in [0.1, 0.15) is 0 Å². The molecule has 0 aliphatic rings. The van der Waals surface area contributed by atoms with Gasteiger partial charge in [0.2, 0.25) is 0 Å². The molecule has 1 aromatic rings. The van der Waals surface area contributed by atoms with Crippen LogP contribution in [-0.4, -0.2) is 0 Å². The molecule has 2 heteroatoms. The third-order valence-corrected chi connectivity index (χ3v) is 0.667. The van der Waals surface area contributed by atoms with Crippen LogP contribution in [0.25, 0.3) is 0 Å². The van der Waals surface area contributed by atoms with E-state index in [0.29, 0.717) is 0 Å². The minimum absolute atomic E-state index is 1.62. The molecule has 1 rings (SSSR count). The normalized spacial score (nSPS) is 6.11. The van der Waals surface area contributed by atoms with Gasteiger partial charge in [-0.15, -0.1) is 0 Å². The van der Waals surface area contributed by atoms with E-state index in [1.165, 1.54) is 0 Å². The van der Waals surface area contributed by atoms with E-state index in [1.54, 1.807) is 4.93 Å². The summed E-state index contributed by atoms with van der Waals surface area (Å²) < 4.78 is 0. The fraction of sp³-hybridized carbons (Fsp3) is 0. The van der Waals surface area contributed by atoms with Crippen molar-refractivity contribution in [2.24, 2.45) is 0 Å². The maximum Gasteiger partial charge on any atom is -0.0623 e. The first kappa shape index (κ1) is 8.24. The van der Waals surface area contributed by atoms with E-state index >= 15 is 0 Å². The third-order valence-electron chi connectivity index (χ3n) is 0.667. The summed E-state index contributed by atoms with van der Waals surface area (Å²) in [7, 11) is 0. The second-order valence-corrected chi connectivity index (χ2v) is 1.53. The van der Waals surface area contributed by atoms with Crippen molar-refractivity contribution in [2.75, 3.05) is 0 Å². The van der Waals surface area contributed by atoms with Crippen molar-refractivity contribution in [3.63, 3.8) is 0 Å². The van der Waals surface area contributed by atoms with Gasteiger partial charge in [0.25, 0.3) is 0 Å². The van der Waals surface area contributed by atoms with E-state index in [1.807, 2.05) is 36.4 Å². The van der Waals surface area contributed by atoms with Crippen molar-refractivity contribution in [2.45, 2.75) is 0 Å². The van der Waals surface area contributed by atoms with Gasteiger partial charge >= 0.3 is 26.5 Å². The molecule has 0 spiro atoms. The Morgan fingerprint density at radius 3 is 1.11 bits per heavy atom. The summed E-state index contributed by atoms with van der Waals surface area (Å²) in [5, 5.41) is 7.26. The zero-order chi connectivity index (χ0) is 6.95. The Kier molecular flexibility index (Phi) is 6.63. The Labute approximate surface area is 63.4 Å². The third kappa shape index (κ3) is 7.24. The average Bonchev–Trinajstić information content (AvgIpc) is 1.93. The summed E-state index contributed by atoms with van der Waals surface area (Å²) in [4.78, 5) is 1.62. The predicted octanol–water partition coefficient (Wildman–Crippen LogP) is 1.70. The van der Waals surface area contributed by atoms with Crippen LogP contribution in [0.4, 0.5) is 0 Å². The molecule has 0 fully saturated rings. The summed E-state index contributed by atoms with van der Waals surface area (Å²) >= 11 is 2.11. The number of hydrogen-bond donors (Lipinski definition) is 0. The molecule has 0 atom stereocenters. The summed E-state index contributed by atoms with van der Waals surface area (Å²) in [6, 6.07) is 12.0. The molecule has 0 saturated heterocycles. The van der Waals surface area contributed by atoms with Gasteiger partial charge in [0.05, 0.1) is 0 Å². The fourth-order valence-corrected chi connectivity index (χ4v) is 0.385. The number of nitrogens with zero attached hydrogens (tertiary/aromatic N) is 1. The van der Waals surface area contributed by atoms with Gasteiger partial charge in [-0.3, -0.25) is 0 Å². The van der Waals surface area contributed by atoms with Crippen LogP contribution in [-0.2, 0) is 16.3 Å². The van der Waals surface area contributed by atoms with Crippen LogP contribution in [0.15, 0.2) is 36.4 Å². The molecule has 0 N–H and O–H groups in total. The molecule has 0 radical (unpaired) electrons. The minimum atomic E-state index is 1.62. The standard InChI is InChI=1S/C6H6.CN.Cr/c1-2-4-6-5-3-1;1-2;/h1-6H;;. The van der Waals surface area contributed by atoms with Gasteiger partial charge in [0, 0.05) is 0 Å². The number of rotatable bonds is 0. The molecule has 45 valence electrons. The Morgan fingerprint density at radius 1 is 0.889 bits per heavy atom. The second-order valence-electron chi connectivity index (χ2n) is 1.25. The van der Waals surface area contributed by atoms with Gasteiger partial charge in [-0.05, 0) is 0 Å². The first-order valence-corrected chi connectivity index (χ1v) is 3.07. The first-order valence-electron chi connectivity index (χ1n) is 2.43. The summed E-state index contributed by atoms with van der Waals surface area (Å²) in [5.41, 5.74) is 0. The molecule has 0 aliphatic heterocycles. The Balaban J connectivity index is 0.000000187. The smallest absolute Gasteiger partial charge is 0.0623 e. The Bertz CT molecular complexity index is 139. The van der Waals surface area contributed by atoms with Crippen molar-refractivity contribution >= 4 is 0 Å². The molecule has 0 amide bonds. The molecule has 9 heavy (non-hydrogen) atoms. The van der Waals surface area contributed by atoms with Crippen molar-refractivity contribution in [3.8, 4) is 4.93 Å². The summed E-state index contributed by atoms with van der Waals surface area (Å²) in [6.07, 6.45) is 0. The zero-order valence-corrected chi connectivity index (χ0v) is 6.09. The van der Waals surface area contributed by atoms with E-state index < -0.39 is 0 Å². The molecular formula is C7H6CrN. The van der Waals surface area contributed by atoms with Crippen molar-refractivity contribution in [1.82, 2.24) is 0 Å². The van der Waals surface area contributed by atoms with Crippen LogP contribution in [0.1, 0.15) is 0 Å². The summed E-state index contributed by atoms with van der Waals surface area (Å²) in [6.45, 7) is 0. The molecule has 0 saturated carbocycles. The largest absolute Gasteiger partial charge is 0.0623 e. The van der Waals surface area contributed by atoms with Crippen LogP contribution in [0.3, 0.4) is 0 Å². The van der Waals surface area contributed by atoms with Crippen LogP contribution < -0.4 is 0 Å². The monoisotopic (exact) mass is 156 g/mol. The van der Waals surface area contributed by atoms with Gasteiger partial charge < -0.3 is 0 Å². The summed E-state index contributed by atoms with van der Waals surface area (Å²) in [5.74, 6) is 0. The Hall–Kier alpha value is -0.758. The first-order chi connectivity index (χ1) is 4.41. The molecule has 0 unspecified atom stereocenters. The van der Waals surface area contributed by atoms with Crippen LogP contribution in [0, 0.1) is 10.2 Å². The van der Waals surface area contributed by atoms with Crippen molar-refractivity contribution < 1.29 is 16.3 Å². The van der Waals surface area contributed by atoms with Gasteiger partial charge in [0.15, 0.2) is 0 Å². The fourth-order valence-electron chi connectivity index (χ4n) is 0.385. The average molecular weight is 156 g/mol. The minimum Gasteiger partial charge on any atom is -0.0623 e. The molecular weight excluding hydrogens is 150 g/mol. The molecule has 0 aromatic heterocycles. The SMILES string of the molecule is N#[C][Cr].c1ccccc1. The van der Waals surface area contributed by atoms with E-state index in [9.17, 15) is 0 Å². The molecule has 1 nitrogen and oxygen atoms in total. The molecule has 0 bridgehead atoms. The van der Waals surface area contributed by atoms with Gasteiger partial charge in [-0.2, -0.15) is 0 Å². The Morgan fingerprint density at radius 2 is 1.00 bits per heavy atom. The van der Waals surface area contributed by atoms with Crippen LogP contribution in [0.5, 0.6) is 0 Å². The van der Waals surface area contributed by atoms with Crippen LogP contribution in [0.2, 0.25) is 0 Å². The maximum atomic E-state index is 7.26. The number of hydrogen-bond acceptors (Lipinski definition) is 1. The molecule has 0 aliphatic carbocycles. The van der Waals surface area contributed by atoms with Gasteiger partial charge in [-0.25, -0.2) is 0 Å². The predicted molar refractivity (Wildman–Crippen MR) is 32.1 cm³/mol. The number of nitriles is 1. The quantitative estimate of drug-likeness (QED) is 0.560. The number of benzene rings is 1. The van der Waals surface area contributed by atoms with Crippen LogP contribution >= 0.6 is 0 Å². The van der Waals surface area contributed by atoms with Crippen molar-refractivity contribution in [3.05, 3.63) is 36.4 Å². The zero-order valence-electron chi connectivity index (χ0n) is 4.82. The van der Waals surface area contributed by atoms with E-state index in [0.717, 1.165) is 0 Å². The van der Waals surface area contributed by atoms with Gasteiger partial charge in [-0.1, -0.05) is 36.4 Å². The van der Waals surface area contributed by atoms with E-state index in [-0.39, 0.29) is 0 Å². The molecule has 0 heterocycles. The molecule has 1 aromatic carbocycles. The maximum absolute atomic E-state index is 7.26. The van der Waals surface area contributed by atoms with E-state index in [4.69, 9.17) is 5.26 Å². The second kappa shape index (κ2) is 7.24. The topological polar surface area (TPSA) is 23.8 Å².